The number of halogens is 2. The third-order valence-electron chi connectivity index (χ3n) is 4.57. The van der Waals surface area contributed by atoms with Crippen molar-refractivity contribution in [3.8, 4) is 11.8 Å². The number of hydrogen-bond acceptors (Lipinski definition) is 4. The van der Waals surface area contributed by atoms with Crippen LogP contribution in [-0.4, -0.2) is 14.0 Å². The van der Waals surface area contributed by atoms with Gasteiger partial charge in [-0.05, 0) is 42.3 Å². The molecule has 0 amide bonds. The van der Waals surface area contributed by atoms with E-state index < -0.39 is 22.9 Å². The zero-order chi connectivity index (χ0) is 21.3. The van der Waals surface area contributed by atoms with Crippen molar-refractivity contribution < 1.29 is 8.78 Å². The number of aryl methyl sites for hydroxylation is 1. The summed E-state index contributed by atoms with van der Waals surface area (Å²) in [6.45, 7) is 1.47. The van der Waals surface area contributed by atoms with Gasteiger partial charge >= 0.3 is 5.69 Å². The largest absolute Gasteiger partial charge is 0.336 e. The van der Waals surface area contributed by atoms with Crippen molar-refractivity contribution in [3.05, 3.63) is 103 Å². The lowest BCUT2D eigenvalue weighted by Crippen LogP contribution is -2.38. The Balaban J connectivity index is 1.71. The van der Waals surface area contributed by atoms with Crippen LogP contribution in [-0.2, 0) is 13.0 Å². The van der Waals surface area contributed by atoms with E-state index in [2.05, 4.69) is 16.8 Å². The van der Waals surface area contributed by atoms with Crippen LogP contribution in [0.4, 0.5) is 8.78 Å². The first kappa shape index (κ1) is 19.7. The molecule has 0 bridgehead atoms. The minimum absolute atomic E-state index is 0.155. The highest BCUT2D eigenvalue weighted by Crippen LogP contribution is 2.17. The van der Waals surface area contributed by atoms with E-state index >= 15 is 0 Å². The Morgan fingerprint density at radius 3 is 2.57 bits per heavy atom. The fraction of sp³-hybridized carbons (Fsp3) is 0.136. The first-order valence-corrected chi connectivity index (χ1v) is 9.83. The van der Waals surface area contributed by atoms with E-state index in [1.807, 2.05) is 12.1 Å². The van der Waals surface area contributed by atoms with Gasteiger partial charge in [0.2, 0.25) is 0 Å². The van der Waals surface area contributed by atoms with E-state index in [9.17, 15) is 18.4 Å². The van der Waals surface area contributed by atoms with Crippen molar-refractivity contribution >= 4 is 16.2 Å². The molecule has 0 atom stereocenters. The molecule has 1 aromatic carbocycles. The first-order valence-electron chi connectivity index (χ1n) is 9.01. The van der Waals surface area contributed by atoms with E-state index in [1.54, 1.807) is 25.5 Å². The molecular weight excluding hydrogens is 408 g/mol. The van der Waals surface area contributed by atoms with E-state index in [0.717, 1.165) is 22.3 Å². The van der Waals surface area contributed by atoms with Gasteiger partial charge in [-0.25, -0.2) is 13.6 Å². The molecule has 5 nitrogen and oxygen atoms in total. The molecule has 0 aliphatic rings. The maximum Gasteiger partial charge on any atom is 0.336 e. The average molecular weight is 423 g/mol. The molecule has 8 heteroatoms. The standard InChI is InChI=1S/C22H15F2N3O2S/c1-14-20(28)26(12-16-5-6-18(23)19(24)11-16)22(29)27-13-17(30-21(14)27)4-2-3-15-7-9-25-10-8-15/h5-11,13H,3,12H2,1H3. The Bertz CT molecular complexity index is 1430. The zero-order valence-corrected chi connectivity index (χ0v) is 16.7. The van der Waals surface area contributed by atoms with Gasteiger partial charge in [0, 0.05) is 30.6 Å². The monoisotopic (exact) mass is 423 g/mol. The predicted molar refractivity (Wildman–Crippen MR) is 111 cm³/mol. The summed E-state index contributed by atoms with van der Waals surface area (Å²) in [6.07, 6.45) is 5.52. The summed E-state index contributed by atoms with van der Waals surface area (Å²) in [7, 11) is 0. The Kier molecular flexibility index (Phi) is 5.29. The molecule has 0 aliphatic heterocycles. The lowest BCUT2D eigenvalue weighted by atomic mass is 10.2. The fourth-order valence-electron chi connectivity index (χ4n) is 3.02. The van der Waals surface area contributed by atoms with Gasteiger partial charge in [0.1, 0.15) is 4.83 Å². The number of rotatable bonds is 3. The summed E-state index contributed by atoms with van der Waals surface area (Å²) >= 11 is 1.26. The van der Waals surface area contributed by atoms with Crippen molar-refractivity contribution in [1.82, 2.24) is 14.0 Å². The quantitative estimate of drug-likeness (QED) is 0.476. The van der Waals surface area contributed by atoms with Crippen LogP contribution in [0, 0.1) is 30.4 Å². The van der Waals surface area contributed by atoms with Crippen LogP contribution in [0.1, 0.15) is 21.6 Å². The number of aromatic nitrogens is 3. The van der Waals surface area contributed by atoms with Gasteiger partial charge in [0.25, 0.3) is 5.56 Å². The molecule has 0 N–H and O–H groups in total. The molecule has 3 aromatic heterocycles. The number of hydrogen-bond donors (Lipinski definition) is 0. The van der Waals surface area contributed by atoms with Crippen molar-refractivity contribution in [2.45, 2.75) is 19.9 Å². The molecular formula is C22H15F2N3O2S. The topological polar surface area (TPSA) is 56.4 Å². The summed E-state index contributed by atoms with van der Waals surface area (Å²) in [5.41, 5.74) is 0.717. The van der Waals surface area contributed by atoms with Gasteiger partial charge in [0.05, 0.1) is 11.4 Å². The SMILES string of the molecule is Cc1c(=O)n(Cc2ccc(F)c(F)c2)c(=O)n2cc(C#CCc3ccncc3)sc12. The normalized spacial score (nSPS) is 10.8. The summed E-state index contributed by atoms with van der Waals surface area (Å²) < 4.78 is 29.0. The maximum atomic E-state index is 13.5. The number of benzene rings is 1. The summed E-state index contributed by atoms with van der Waals surface area (Å²) in [5, 5.41) is 0. The first-order chi connectivity index (χ1) is 14.4. The molecule has 4 aromatic rings. The fourth-order valence-corrected chi connectivity index (χ4v) is 3.98. The van der Waals surface area contributed by atoms with Crippen LogP contribution in [0.5, 0.6) is 0 Å². The molecule has 0 saturated carbocycles. The van der Waals surface area contributed by atoms with E-state index in [1.165, 1.54) is 21.8 Å². The summed E-state index contributed by atoms with van der Waals surface area (Å²) in [5.74, 6) is 4.07. The summed E-state index contributed by atoms with van der Waals surface area (Å²) in [4.78, 5) is 30.7. The minimum Gasteiger partial charge on any atom is -0.269 e. The van der Waals surface area contributed by atoms with Crippen molar-refractivity contribution in [2.75, 3.05) is 0 Å². The maximum absolute atomic E-state index is 13.5. The van der Waals surface area contributed by atoms with Crippen LogP contribution in [0.2, 0.25) is 0 Å². The van der Waals surface area contributed by atoms with Gasteiger partial charge in [-0.15, -0.1) is 11.3 Å². The van der Waals surface area contributed by atoms with Gasteiger partial charge < -0.3 is 0 Å². The van der Waals surface area contributed by atoms with Gasteiger partial charge in [-0.3, -0.25) is 18.7 Å². The molecule has 0 radical (unpaired) electrons. The second-order valence-electron chi connectivity index (χ2n) is 6.65. The second-order valence-corrected chi connectivity index (χ2v) is 7.68. The van der Waals surface area contributed by atoms with Gasteiger partial charge in [0.15, 0.2) is 11.6 Å². The van der Waals surface area contributed by atoms with Crippen LogP contribution in [0.15, 0.2) is 58.5 Å². The summed E-state index contributed by atoms with van der Waals surface area (Å²) in [6, 6.07) is 7.05. The van der Waals surface area contributed by atoms with Crippen LogP contribution < -0.4 is 11.2 Å². The molecule has 30 heavy (non-hydrogen) atoms. The van der Waals surface area contributed by atoms with Crippen molar-refractivity contribution in [2.24, 2.45) is 0 Å². The van der Waals surface area contributed by atoms with Crippen molar-refractivity contribution in [3.63, 3.8) is 0 Å². The Labute approximate surface area is 173 Å². The van der Waals surface area contributed by atoms with Crippen LogP contribution >= 0.6 is 11.3 Å². The van der Waals surface area contributed by atoms with Gasteiger partial charge in [-0.2, -0.15) is 0 Å². The molecule has 0 saturated heterocycles. The molecule has 0 aliphatic carbocycles. The predicted octanol–water partition coefficient (Wildman–Crippen LogP) is 3.15. The highest BCUT2D eigenvalue weighted by Gasteiger charge is 2.15. The second kappa shape index (κ2) is 8.05. The number of thiazole rings is 1. The van der Waals surface area contributed by atoms with E-state index in [-0.39, 0.29) is 6.54 Å². The minimum atomic E-state index is -1.03. The molecule has 3 heterocycles. The van der Waals surface area contributed by atoms with Crippen LogP contribution in [0.25, 0.3) is 4.83 Å². The molecule has 4 rings (SSSR count). The number of nitrogens with zero attached hydrogens (tertiary/aromatic N) is 3. The van der Waals surface area contributed by atoms with Crippen molar-refractivity contribution in [1.29, 1.82) is 0 Å². The third kappa shape index (κ3) is 3.80. The molecule has 150 valence electrons. The van der Waals surface area contributed by atoms with E-state index in [4.69, 9.17) is 0 Å². The van der Waals surface area contributed by atoms with Crippen LogP contribution in [0.3, 0.4) is 0 Å². The highest BCUT2D eigenvalue weighted by molar-refractivity contribution is 7.18. The molecule has 0 spiro atoms. The lowest BCUT2D eigenvalue weighted by Gasteiger charge is -2.08. The Morgan fingerprint density at radius 2 is 1.83 bits per heavy atom. The number of pyridine rings is 1. The van der Waals surface area contributed by atoms with Gasteiger partial charge in [-0.1, -0.05) is 17.9 Å². The molecule has 0 fully saturated rings. The highest BCUT2D eigenvalue weighted by atomic mass is 32.1. The smallest absolute Gasteiger partial charge is 0.269 e. The molecule has 0 unspecified atom stereocenters. The third-order valence-corrected chi connectivity index (χ3v) is 5.70. The zero-order valence-electron chi connectivity index (χ0n) is 15.9. The lowest BCUT2D eigenvalue weighted by molar-refractivity contribution is 0.506. The number of fused-ring (bicyclic) bond motifs is 1. The van der Waals surface area contributed by atoms with E-state index in [0.29, 0.717) is 27.3 Å². The average Bonchev–Trinajstić information content (AvgIpc) is 3.17. The Hall–Kier alpha value is -3.57. The Morgan fingerprint density at radius 1 is 1.07 bits per heavy atom.